The summed E-state index contributed by atoms with van der Waals surface area (Å²) in [6.45, 7) is 1.57. The summed E-state index contributed by atoms with van der Waals surface area (Å²) in [6, 6.07) is 2.92. The molecule has 6 nitrogen and oxygen atoms in total. The lowest BCUT2D eigenvalue weighted by Crippen LogP contribution is -2.36. The van der Waals surface area contributed by atoms with Gasteiger partial charge in [-0.1, -0.05) is 28.4 Å². The molecule has 0 aliphatic carbocycles. The third kappa shape index (κ3) is 1.56. The van der Waals surface area contributed by atoms with Crippen LogP contribution in [0, 0.1) is 6.92 Å². The van der Waals surface area contributed by atoms with Crippen molar-refractivity contribution in [3.63, 3.8) is 0 Å². The molecule has 3 rings (SSSR count). The Balaban J connectivity index is 2.34. The highest BCUT2D eigenvalue weighted by Gasteiger charge is 2.51. The SMILES string of the molecule is Cc1noc(N)c1C1(O)C(=O)Nc2c(Cl)cc(Cl)cc21. The van der Waals surface area contributed by atoms with Gasteiger partial charge in [-0.25, -0.2) is 0 Å². The number of nitrogens with one attached hydrogen (secondary N) is 1. The van der Waals surface area contributed by atoms with E-state index >= 15 is 0 Å². The number of rotatable bonds is 1. The summed E-state index contributed by atoms with van der Waals surface area (Å²) < 4.78 is 4.82. The Morgan fingerprint density at radius 1 is 1.45 bits per heavy atom. The molecular formula is C12H9Cl2N3O3. The number of nitrogens with two attached hydrogens (primary N) is 1. The average Bonchev–Trinajstić information content (AvgIpc) is 2.82. The number of carbonyl (C=O) groups excluding carboxylic acids is 1. The summed E-state index contributed by atoms with van der Waals surface area (Å²) in [5.74, 6) is -0.821. The van der Waals surface area contributed by atoms with E-state index in [0.29, 0.717) is 11.4 Å². The van der Waals surface area contributed by atoms with Gasteiger partial charge in [-0.05, 0) is 19.1 Å². The highest BCUT2D eigenvalue weighted by Crippen LogP contribution is 2.47. The minimum absolute atomic E-state index is 0.0899. The van der Waals surface area contributed by atoms with Crippen molar-refractivity contribution in [1.29, 1.82) is 0 Å². The summed E-state index contributed by atoms with van der Waals surface area (Å²) in [5, 5.41) is 17.6. The van der Waals surface area contributed by atoms with Gasteiger partial charge >= 0.3 is 0 Å². The Morgan fingerprint density at radius 3 is 2.75 bits per heavy atom. The Hall–Kier alpha value is -1.76. The number of benzene rings is 1. The van der Waals surface area contributed by atoms with Crippen LogP contribution >= 0.6 is 23.2 Å². The maximum atomic E-state index is 12.2. The number of hydrogen-bond donors (Lipinski definition) is 3. The first-order valence-electron chi connectivity index (χ1n) is 5.61. The molecule has 1 aromatic carbocycles. The minimum atomic E-state index is -2.03. The molecule has 2 aromatic rings. The van der Waals surface area contributed by atoms with Crippen molar-refractivity contribution in [2.24, 2.45) is 0 Å². The van der Waals surface area contributed by atoms with Crippen LogP contribution in [0.3, 0.4) is 0 Å². The second kappa shape index (κ2) is 4.12. The summed E-state index contributed by atoms with van der Waals surface area (Å²) in [5.41, 5.74) is 4.55. The molecule has 1 aliphatic heterocycles. The largest absolute Gasteiger partial charge is 0.371 e. The van der Waals surface area contributed by atoms with E-state index in [2.05, 4.69) is 10.5 Å². The van der Waals surface area contributed by atoms with Crippen molar-refractivity contribution in [1.82, 2.24) is 5.16 Å². The predicted molar refractivity (Wildman–Crippen MR) is 73.7 cm³/mol. The van der Waals surface area contributed by atoms with E-state index in [4.69, 9.17) is 33.5 Å². The van der Waals surface area contributed by atoms with Crippen LogP contribution in [0.25, 0.3) is 0 Å². The quantitative estimate of drug-likeness (QED) is 0.748. The maximum absolute atomic E-state index is 12.2. The van der Waals surface area contributed by atoms with Gasteiger partial charge in [0.2, 0.25) is 11.5 Å². The third-order valence-corrected chi connectivity index (χ3v) is 3.78. The lowest BCUT2D eigenvalue weighted by atomic mass is 9.87. The summed E-state index contributed by atoms with van der Waals surface area (Å²) in [6.07, 6.45) is 0. The van der Waals surface area contributed by atoms with E-state index in [0.717, 1.165) is 0 Å². The number of amides is 1. The number of aryl methyl sites for hydroxylation is 1. The van der Waals surface area contributed by atoms with Crippen molar-refractivity contribution in [2.45, 2.75) is 12.5 Å². The van der Waals surface area contributed by atoms with E-state index in [1.807, 2.05) is 0 Å². The average molecular weight is 314 g/mol. The van der Waals surface area contributed by atoms with Gasteiger partial charge in [0.25, 0.3) is 5.91 Å². The van der Waals surface area contributed by atoms with Gasteiger partial charge in [0, 0.05) is 10.6 Å². The zero-order chi connectivity index (χ0) is 14.7. The summed E-state index contributed by atoms with van der Waals surface area (Å²) in [4.78, 5) is 12.2. The van der Waals surface area contributed by atoms with Crippen LogP contribution in [0.2, 0.25) is 10.0 Å². The fraction of sp³-hybridized carbons (Fsp3) is 0.167. The van der Waals surface area contributed by atoms with Crippen LogP contribution < -0.4 is 11.1 Å². The monoisotopic (exact) mass is 313 g/mol. The van der Waals surface area contributed by atoms with Crippen molar-refractivity contribution in [2.75, 3.05) is 11.1 Å². The molecule has 1 aromatic heterocycles. The van der Waals surface area contributed by atoms with Crippen molar-refractivity contribution in [3.05, 3.63) is 39.0 Å². The van der Waals surface area contributed by atoms with Gasteiger partial charge in [0.1, 0.15) is 0 Å². The molecule has 20 heavy (non-hydrogen) atoms. The van der Waals surface area contributed by atoms with Gasteiger partial charge < -0.3 is 20.7 Å². The summed E-state index contributed by atoms with van der Waals surface area (Å²) in [7, 11) is 0. The van der Waals surface area contributed by atoms with E-state index in [1.54, 1.807) is 6.92 Å². The molecule has 1 atom stereocenters. The molecular weight excluding hydrogens is 305 g/mol. The number of aromatic nitrogens is 1. The number of hydrogen-bond acceptors (Lipinski definition) is 5. The highest BCUT2D eigenvalue weighted by atomic mass is 35.5. The van der Waals surface area contributed by atoms with Gasteiger partial charge in [-0.3, -0.25) is 4.79 Å². The second-order valence-electron chi connectivity index (χ2n) is 4.48. The zero-order valence-corrected chi connectivity index (χ0v) is 11.7. The Kier molecular flexibility index (Phi) is 2.72. The normalized spacial score (nSPS) is 20.9. The van der Waals surface area contributed by atoms with Crippen LogP contribution in [0.4, 0.5) is 11.6 Å². The number of carbonyl (C=O) groups is 1. The second-order valence-corrected chi connectivity index (χ2v) is 5.33. The molecule has 0 spiro atoms. The Bertz CT molecular complexity index is 724. The Labute approximate surface area is 123 Å². The number of aliphatic hydroxyl groups is 1. The number of fused-ring (bicyclic) bond motifs is 1. The molecule has 0 saturated carbocycles. The van der Waals surface area contributed by atoms with Crippen LogP contribution in [0.1, 0.15) is 16.8 Å². The van der Waals surface area contributed by atoms with Crippen LogP contribution in [-0.2, 0) is 10.4 Å². The van der Waals surface area contributed by atoms with Crippen molar-refractivity contribution in [3.8, 4) is 0 Å². The van der Waals surface area contributed by atoms with Crippen LogP contribution in [0.5, 0.6) is 0 Å². The first kappa shape index (κ1) is 13.2. The Morgan fingerprint density at radius 2 is 2.15 bits per heavy atom. The van der Waals surface area contributed by atoms with E-state index in [-0.39, 0.29) is 27.1 Å². The zero-order valence-electron chi connectivity index (χ0n) is 10.2. The van der Waals surface area contributed by atoms with Crippen LogP contribution in [0.15, 0.2) is 16.7 Å². The fourth-order valence-corrected chi connectivity index (χ4v) is 2.93. The van der Waals surface area contributed by atoms with Gasteiger partial charge in [-0.2, -0.15) is 0 Å². The van der Waals surface area contributed by atoms with E-state index in [9.17, 15) is 9.90 Å². The molecule has 8 heteroatoms. The van der Waals surface area contributed by atoms with Gasteiger partial charge in [0.05, 0.1) is 22.0 Å². The number of halogens is 2. The molecule has 104 valence electrons. The first-order valence-corrected chi connectivity index (χ1v) is 6.37. The number of nitrogens with zero attached hydrogens (tertiary/aromatic N) is 1. The molecule has 0 radical (unpaired) electrons. The van der Waals surface area contributed by atoms with Crippen LogP contribution in [-0.4, -0.2) is 16.2 Å². The van der Waals surface area contributed by atoms with Crippen molar-refractivity contribution < 1.29 is 14.4 Å². The minimum Gasteiger partial charge on any atom is -0.371 e. The molecule has 1 aliphatic rings. The lowest BCUT2D eigenvalue weighted by Gasteiger charge is -2.20. The first-order chi connectivity index (χ1) is 9.35. The molecule has 4 N–H and O–H groups in total. The topological polar surface area (TPSA) is 101 Å². The third-order valence-electron chi connectivity index (χ3n) is 3.26. The predicted octanol–water partition coefficient (Wildman–Crippen LogP) is 2.06. The maximum Gasteiger partial charge on any atom is 0.266 e. The fourth-order valence-electron chi connectivity index (χ4n) is 2.39. The van der Waals surface area contributed by atoms with Crippen molar-refractivity contribution >= 4 is 40.7 Å². The van der Waals surface area contributed by atoms with E-state index in [1.165, 1.54) is 12.1 Å². The lowest BCUT2D eigenvalue weighted by molar-refractivity contribution is -0.129. The number of nitrogen functional groups attached to an aromatic ring is 1. The number of anilines is 2. The smallest absolute Gasteiger partial charge is 0.266 e. The molecule has 1 unspecified atom stereocenters. The molecule has 0 saturated heterocycles. The summed E-state index contributed by atoms with van der Waals surface area (Å²) >= 11 is 12.0. The highest BCUT2D eigenvalue weighted by molar-refractivity contribution is 6.38. The molecule has 0 bridgehead atoms. The molecule has 1 amide bonds. The van der Waals surface area contributed by atoms with E-state index < -0.39 is 11.5 Å². The molecule has 2 heterocycles. The van der Waals surface area contributed by atoms with Gasteiger partial charge in [0.15, 0.2) is 0 Å². The standard InChI is InChI=1S/C12H9Cl2N3O3/c1-4-8(10(15)20-17-4)12(19)6-2-5(13)3-7(14)9(6)16-11(12)18/h2-3,19H,15H2,1H3,(H,16,18). The van der Waals surface area contributed by atoms with Gasteiger partial charge in [-0.15, -0.1) is 0 Å². The molecule has 0 fully saturated rings.